The Balaban J connectivity index is 1.49. The Morgan fingerprint density at radius 3 is 2.62 bits per heavy atom. The number of nitrogens with zero attached hydrogens (tertiary/aromatic N) is 1. The first-order valence-corrected chi connectivity index (χ1v) is 10.5. The summed E-state index contributed by atoms with van der Waals surface area (Å²) in [6.45, 7) is 7.21. The van der Waals surface area contributed by atoms with Crippen molar-refractivity contribution in [3.05, 3.63) is 52.2 Å². The number of aryl methyl sites for hydroxylation is 1. The van der Waals surface area contributed by atoms with Crippen molar-refractivity contribution < 1.29 is 14.3 Å². The molecule has 154 valence electrons. The van der Waals surface area contributed by atoms with Gasteiger partial charge in [0.05, 0.1) is 10.8 Å². The molecule has 2 aromatic carbocycles. The highest BCUT2D eigenvalue weighted by Crippen LogP contribution is 2.25. The summed E-state index contributed by atoms with van der Waals surface area (Å²) in [5.74, 6) is 0.589. The molecule has 1 fully saturated rings. The first-order valence-electron chi connectivity index (χ1n) is 10.5. The highest BCUT2D eigenvalue weighted by Gasteiger charge is 2.26. The van der Waals surface area contributed by atoms with Crippen LogP contribution in [0.2, 0.25) is 0 Å². The lowest BCUT2D eigenvalue weighted by Gasteiger charge is -2.40. The zero-order chi connectivity index (χ0) is 20.5. The summed E-state index contributed by atoms with van der Waals surface area (Å²) in [5, 5.41) is 11.6. The maximum Gasteiger partial charge on any atom is 0.200 e. The van der Waals surface area contributed by atoms with Crippen LogP contribution in [0.4, 0.5) is 0 Å². The predicted molar refractivity (Wildman–Crippen MR) is 116 cm³/mol. The lowest BCUT2D eigenvalue weighted by atomic mass is 9.97. The molecule has 5 heteroatoms. The highest BCUT2D eigenvalue weighted by molar-refractivity contribution is 5.90. The van der Waals surface area contributed by atoms with Gasteiger partial charge in [0.1, 0.15) is 29.6 Å². The number of piperidine rings is 1. The molecule has 5 nitrogen and oxygen atoms in total. The Labute approximate surface area is 170 Å². The molecule has 0 amide bonds. The van der Waals surface area contributed by atoms with Gasteiger partial charge >= 0.3 is 0 Å². The normalized spacial score (nSPS) is 21.5. The largest absolute Gasteiger partial charge is 0.491 e. The van der Waals surface area contributed by atoms with Crippen LogP contribution >= 0.6 is 0 Å². The minimum atomic E-state index is -0.569. The molecule has 1 aliphatic heterocycles. The van der Waals surface area contributed by atoms with Crippen LogP contribution in [-0.4, -0.2) is 41.3 Å². The van der Waals surface area contributed by atoms with Crippen molar-refractivity contribution in [1.29, 1.82) is 0 Å². The highest BCUT2D eigenvalue weighted by atomic mass is 16.5. The van der Waals surface area contributed by atoms with E-state index in [2.05, 4.69) is 18.7 Å². The number of hydrogen-bond donors (Lipinski definition) is 1. The molecule has 1 saturated heterocycles. The van der Waals surface area contributed by atoms with Gasteiger partial charge in [-0.15, -0.1) is 0 Å². The monoisotopic (exact) mass is 395 g/mol. The van der Waals surface area contributed by atoms with E-state index in [1.54, 1.807) is 18.2 Å². The molecule has 1 aromatic heterocycles. The molecule has 2 heterocycles. The quantitative estimate of drug-likeness (QED) is 0.654. The summed E-state index contributed by atoms with van der Waals surface area (Å²) in [6.07, 6.45) is 3.03. The van der Waals surface area contributed by atoms with Gasteiger partial charge in [-0.25, -0.2) is 0 Å². The number of β-amino-alcohol motifs (C(OH)–C–C–N with tert-alkyl or cyclic N) is 1. The smallest absolute Gasteiger partial charge is 0.200 e. The molecule has 0 bridgehead atoms. The molecule has 0 aliphatic carbocycles. The van der Waals surface area contributed by atoms with Gasteiger partial charge in [0, 0.05) is 24.7 Å². The van der Waals surface area contributed by atoms with Gasteiger partial charge in [-0.3, -0.25) is 9.69 Å². The van der Waals surface area contributed by atoms with Crippen LogP contribution in [0.15, 0.2) is 45.6 Å². The Hall–Kier alpha value is -2.37. The van der Waals surface area contributed by atoms with E-state index in [0.717, 1.165) is 5.56 Å². The average molecular weight is 395 g/mol. The summed E-state index contributed by atoms with van der Waals surface area (Å²) in [6, 6.07) is 11.8. The number of aliphatic hydroxyl groups excluding tert-OH is 1. The molecule has 0 saturated carbocycles. The van der Waals surface area contributed by atoms with E-state index >= 15 is 0 Å². The molecule has 0 spiro atoms. The van der Waals surface area contributed by atoms with E-state index in [1.165, 1.54) is 19.3 Å². The fourth-order valence-electron chi connectivity index (χ4n) is 4.36. The summed E-state index contributed by atoms with van der Waals surface area (Å²) < 4.78 is 11.7. The SMILES string of the molecule is Cc1ccc2oc3cc(OCC(O)CN4C(C)CCCC4C)ccc3c(=O)c2c1. The fraction of sp³-hybridized carbons (Fsp3) is 0.458. The van der Waals surface area contributed by atoms with Gasteiger partial charge < -0.3 is 14.3 Å². The minimum absolute atomic E-state index is 0.0374. The second-order valence-corrected chi connectivity index (χ2v) is 8.38. The summed E-state index contributed by atoms with van der Waals surface area (Å²) >= 11 is 0. The van der Waals surface area contributed by atoms with Crippen LogP contribution in [0.25, 0.3) is 21.9 Å². The van der Waals surface area contributed by atoms with Crippen molar-refractivity contribution in [2.24, 2.45) is 0 Å². The average Bonchev–Trinajstić information content (AvgIpc) is 2.70. The van der Waals surface area contributed by atoms with Crippen molar-refractivity contribution in [3.63, 3.8) is 0 Å². The predicted octanol–water partition coefficient (Wildman–Crippen LogP) is 4.26. The molecular formula is C24H29NO4. The van der Waals surface area contributed by atoms with Crippen molar-refractivity contribution in [2.75, 3.05) is 13.2 Å². The van der Waals surface area contributed by atoms with Gasteiger partial charge in [0.2, 0.25) is 5.43 Å². The first-order chi connectivity index (χ1) is 13.9. The molecule has 3 aromatic rings. The number of benzene rings is 2. The third kappa shape index (κ3) is 4.16. The van der Waals surface area contributed by atoms with E-state index in [4.69, 9.17) is 9.15 Å². The van der Waals surface area contributed by atoms with Gasteiger partial charge in [0.15, 0.2) is 0 Å². The number of rotatable bonds is 5. The van der Waals surface area contributed by atoms with Crippen molar-refractivity contribution in [2.45, 2.75) is 58.2 Å². The van der Waals surface area contributed by atoms with Crippen LogP contribution in [0, 0.1) is 6.92 Å². The van der Waals surface area contributed by atoms with E-state index in [9.17, 15) is 9.90 Å². The molecule has 1 aliphatic rings. The maximum atomic E-state index is 12.8. The molecule has 3 atom stereocenters. The van der Waals surface area contributed by atoms with Gasteiger partial charge in [-0.2, -0.15) is 0 Å². The van der Waals surface area contributed by atoms with Crippen LogP contribution < -0.4 is 10.2 Å². The summed E-state index contributed by atoms with van der Waals surface area (Å²) in [5.41, 5.74) is 2.05. The van der Waals surface area contributed by atoms with Crippen molar-refractivity contribution in [1.82, 2.24) is 4.90 Å². The third-order valence-corrected chi connectivity index (χ3v) is 6.04. The Bertz CT molecular complexity index is 1060. The number of likely N-dealkylation sites (tertiary alicyclic amines) is 1. The third-order valence-electron chi connectivity index (χ3n) is 6.04. The van der Waals surface area contributed by atoms with Crippen LogP contribution in [-0.2, 0) is 0 Å². The van der Waals surface area contributed by atoms with E-state index in [1.807, 2.05) is 25.1 Å². The fourth-order valence-corrected chi connectivity index (χ4v) is 4.36. The summed E-state index contributed by atoms with van der Waals surface area (Å²) in [7, 11) is 0. The molecular weight excluding hydrogens is 366 g/mol. The second-order valence-electron chi connectivity index (χ2n) is 8.38. The Morgan fingerprint density at radius 1 is 1.10 bits per heavy atom. The molecule has 29 heavy (non-hydrogen) atoms. The standard InChI is InChI=1S/C24H29NO4/c1-15-7-10-22-21(11-15)24(27)20-9-8-19(12-23(20)29-22)28-14-18(26)13-25-16(2)5-4-6-17(25)3/h7-12,16-18,26H,4-6,13-14H2,1-3H3. The van der Waals surface area contributed by atoms with E-state index in [0.29, 0.717) is 46.3 Å². The van der Waals surface area contributed by atoms with Crippen LogP contribution in [0.5, 0.6) is 5.75 Å². The van der Waals surface area contributed by atoms with Gasteiger partial charge in [-0.1, -0.05) is 18.1 Å². The lowest BCUT2D eigenvalue weighted by molar-refractivity contribution is 0.0209. The molecule has 1 N–H and O–H groups in total. The maximum absolute atomic E-state index is 12.8. The van der Waals surface area contributed by atoms with Gasteiger partial charge in [0.25, 0.3) is 0 Å². The van der Waals surface area contributed by atoms with Crippen LogP contribution in [0.1, 0.15) is 38.7 Å². The zero-order valence-electron chi connectivity index (χ0n) is 17.4. The minimum Gasteiger partial charge on any atom is -0.491 e. The lowest BCUT2D eigenvalue weighted by Crippen LogP contribution is -2.48. The topological polar surface area (TPSA) is 62.9 Å². The second kappa shape index (κ2) is 8.17. The number of aliphatic hydroxyl groups is 1. The van der Waals surface area contributed by atoms with E-state index in [-0.39, 0.29) is 12.0 Å². The zero-order valence-corrected chi connectivity index (χ0v) is 17.4. The first kappa shape index (κ1) is 19.9. The van der Waals surface area contributed by atoms with Gasteiger partial charge in [-0.05, 0) is 57.9 Å². The number of ether oxygens (including phenoxy) is 1. The van der Waals surface area contributed by atoms with Crippen molar-refractivity contribution in [3.8, 4) is 5.75 Å². The van der Waals surface area contributed by atoms with Crippen molar-refractivity contribution >= 4 is 21.9 Å². The Kier molecular flexibility index (Phi) is 5.61. The van der Waals surface area contributed by atoms with Crippen LogP contribution in [0.3, 0.4) is 0 Å². The van der Waals surface area contributed by atoms with E-state index < -0.39 is 6.10 Å². The Morgan fingerprint density at radius 2 is 1.86 bits per heavy atom. The summed E-state index contributed by atoms with van der Waals surface area (Å²) in [4.78, 5) is 15.1. The molecule has 3 unspecified atom stereocenters. The number of hydrogen-bond acceptors (Lipinski definition) is 5. The molecule has 4 rings (SSSR count). The number of fused-ring (bicyclic) bond motifs is 2. The molecule has 0 radical (unpaired) electrons.